The molecule has 2 heterocycles. The second kappa shape index (κ2) is 8.29. The summed E-state index contributed by atoms with van der Waals surface area (Å²) in [4.78, 5) is 16.7. The Morgan fingerprint density at radius 2 is 2.21 bits per heavy atom. The molecule has 10 heteroatoms. The first kappa shape index (κ1) is 20.3. The number of carbonyl (C=O) groups excluding carboxylic acids is 1. The molecule has 1 aliphatic rings. The Hall–Kier alpha value is -2.43. The van der Waals surface area contributed by atoms with Gasteiger partial charge in [0.1, 0.15) is 30.1 Å². The Bertz CT molecular complexity index is 993. The van der Waals surface area contributed by atoms with Crippen molar-refractivity contribution >= 4 is 27.1 Å². The van der Waals surface area contributed by atoms with E-state index in [1.807, 2.05) is 0 Å². The molecule has 1 fully saturated rings. The lowest BCUT2D eigenvalue weighted by molar-refractivity contribution is -0.0592. The summed E-state index contributed by atoms with van der Waals surface area (Å²) in [5.74, 6) is 0.130. The Kier molecular flexibility index (Phi) is 6.01. The molecule has 1 aromatic heterocycles. The van der Waals surface area contributed by atoms with Crippen molar-refractivity contribution in [2.75, 3.05) is 26.6 Å². The summed E-state index contributed by atoms with van der Waals surface area (Å²) < 4.78 is 45.7. The van der Waals surface area contributed by atoms with Crippen LogP contribution in [0.4, 0.5) is 0 Å². The molecular formula is C18H22N2O7S. The number of imidazole rings is 1. The normalized spacial score (nSPS) is 16.6. The van der Waals surface area contributed by atoms with Crippen LogP contribution in [0.3, 0.4) is 0 Å². The zero-order valence-electron chi connectivity index (χ0n) is 15.7. The number of ether oxygens (including phenoxy) is 3. The van der Waals surface area contributed by atoms with Crippen LogP contribution in [0, 0.1) is 0 Å². The first-order chi connectivity index (χ1) is 13.3. The minimum atomic E-state index is -3.65. The molecule has 0 amide bonds. The second-order valence-corrected chi connectivity index (χ2v) is 7.93. The van der Waals surface area contributed by atoms with Crippen LogP contribution in [-0.2, 0) is 36.9 Å². The topological polar surface area (TPSA) is 106 Å². The van der Waals surface area contributed by atoms with E-state index in [-0.39, 0.29) is 24.9 Å². The molecule has 3 rings (SSSR count). The van der Waals surface area contributed by atoms with E-state index in [2.05, 4.69) is 11.6 Å². The number of carbonyl (C=O) groups is 1. The lowest BCUT2D eigenvalue weighted by Gasteiger charge is -2.28. The number of hydrogen-bond donors (Lipinski definition) is 0. The molecule has 152 valence electrons. The van der Waals surface area contributed by atoms with Crippen LogP contribution in [0.5, 0.6) is 5.75 Å². The number of fused-ring (bicyclic) bond motifs is 1. The van der Waals surface area contributed by atoms with Crippen LogP contribution in [0.1, 0.15) is 22.6 Å². The van der Waals surface area contributed by atoms with E-state index in [9.17, 15) is 13.2 Å². The van der Waals surface area contributed by atoms with Crippen molar-refractivity contribution < 1.29 is 31.6 Å². The van der Waals surface area contributed by atoms with Gasteiger partial charge in [-0.3, -0.25) is 4.18 Å². The summed E-state index contributed by atoms with van der Waals surface area (Å²) in [6.07, 6.45) is 3.36. The molecule has 1 aliphatic heterocycles. The van der Waals surface area contributed by atoms with Crippen molar-refractivity contribution in [1.82, 2.24) is 9.55 Å². The molecular weight excluding hydrogens is 388 g/mol. The highest BCUT2D eigenvalue weighted by atomic mass is 32.2. The SMILES string of the molecule is C=CCOc1c(C(=O)OC)ccc2nc(COS(C)(=O)=O)n(C[C@@H]3CCO3)c12. The van der Waals surface area contributed by atoms with Crippen LogP contribution >= 0.6 is 0 Å². The molecule has 2 aromatic rings. The summed E-state index contributed by atoms with van der Waals surface area (Å²) >= 11 is 0. The smallest absolute Gasteiger partial charge is 0.341 e. The van der Waals surface area contributed by atoms with Gasteiger partial charge in [-0.05, 0) is 18.6 Å². The summed E-state index contributed by atoms with van der Waals surface area (Å²) in [6, 6.07) is 3.22. The monoisotopic (exact) mass is 410 g/mol. The number of hydrogen-bond acceptors (Lipinski definition) is 8. The van der Waals surface area contributed by atoms with Gasteiger partial charge < -0.3 is 18.8 Å². The van der Waals surface area contributed by atoms with Gasteiger partial charge in [-0.1, -0.05) is 12.7 Å². The quantitative estimate of drug-likeness (QED) is 0.349. The average molecular weight is 410 g/mol. The highest BCUT2D eigenvalue weighted by Crippen LogP contribution is 2.33. The van der Waals surface area contributed by atoms with Gasteiger partial charge in [0.2, 0.25) is 0 Å². The van der Waals surface area contributed by atoms with Gasteiger partial charge in [0.05, 0.1) is 31.5 Å². The summed E-state index contributed by atoms with van der Waals surface area (Å²) in [7, 11) is -2.36. The third kappa shape index (κ3) is 4.34. The van der Waals surface area contributed by atoms with Crippen LogP contribution in [-0.4, -0.2) is 56.6 Å². The summed E-state index contributed by atoms with van der Waals surface area (Å²) in [6.45, 7) is 4.65. The Labute approximate surface area is 163 Å². The molecule has 0 unspecified atom stereocenters. The van der Waals surface area contributed by atoms with Gasteiger partial charge in [-0.15, -0.1) is 0 Å². The number of benzene rings is 1. The zero-order valence-corrected chi connectivity index (χ0v) is 16.5. The molecule has 0 bridgehead atoms. The molecule has 9 nitrogen and oxygen atoms in total. The molecule has 1 saturated heterocycles. The third-order valence-electron chi connectivity index (χ3n) is 4.27. The number of nitrogens with zero attached hydrogens (tertiary/aromatic N) is 2. The first-order valence-corrected chi connectivity index (χ1v) is 10.5. The molecule has 0 saturated carbocycles. The van der Waals surface area contributed by atoms with Gasteiger partial charge in [0, 0.05) is 6.61 Å². The standard InChI is InChI=1S/C18H22N2O7S/c1-4-8-26-17-13(18(21)24-2)5-6-14-16(17)20(10-12-7-9-25-12)15(19-14)11-27-28(3,22)23/h4-6,12H,1,7-11H2,2-3H3/t12-/m0/s1. The molecule has 1 aromatic carbocycles. The van der Waals surface area contributed by atoms with Gasteiger partial charge in [-0.2, -0.15) is 8.42 Å². The maximum absolute atomic E-state index is 12.2. The van der Waals surface area contributed by atoms with Crippen LogP contribution in [0.2, 0.25) is 0 Å². The fraction of sp³-hybridized carbons (Fsp3) is 0.444. The fourth-order valence-electron chi connectivity index (χ4n) is 2.90. The Morgan fingerprint density at radius 3 is 2.79 bits per heavy atom. The lowest BCUT2D eigenvalue weighted by atomic mass is 10.1. The predicted molar refractivity (Wildman–Crippen MR) is 101 cm³/mol. The number of aromatic nitrogens is 2. The van der Waals surface area contributed by atoms with Crippen molar-refractivity contribution in [2.24, 2.45) is 0 Å². The summed E-state index contributed by atoms with van der Waals surface area (Å²) in [5, 5.41) is 0. The van der Waals surface area contributed by atoms with Gasteiger partial charge in [-0.25, -0.2) is 9.78 Å². The average Bonchev–Trinajstić information content (AvgIpc) is 2.97. The van der Waals surface area contributed by atoms with Crippen molar-refractivity contribution in [3.05, 3.63) is 36.2 Å². The largest absolute Gasteiger partial charge is 0.486 e. The number of rotatable bonds is 9. The van der Waals surface area contributed by atoms with Crippen LogP contribution in [0.25, 0.3) is 11.0 Å². The van der Waals surface area contributed by atoms with E-state index >= 15 is 0 Å². The van der Waals surface area contributed by atoms with Crippen LogP contribution in [0.15, 0.2) is 24.8 Å². The second-order valence-electron chi connectivity index (χ2n) is 6.29. The van der Waals surface area contributed by atoms with E-state index in [0.29, 0.717) is 35.8 Å². The van der Waals surface area contributed by atoms with Gasteiger partial charge in [0.25, 0.3) is 10.1 Å². The molecule has 0 radical (unpaired) electrons. The molecule has 28 heavy (non-hydrogen) atoms. The zero-order chi connectivity index (χ0) is 20.3. The van der Waals surface area contributed by atoms with Crippen molar-refractivity contribution in [1.29, 1.82) is 0 Å². The highest BCUT2D eigenvalue weighted by Gasteiger charge is 2.26. The van der Waals surface area contributed by atoms with Crippen molar-refractivity contribution in [3.63, 3.8) is 0 Å². The van der Waals surface area contributed by atoms with Gasteiger partial charge >= 0.3 is 5.97 Å². The fourth-order valence-corrected chi connectivity index (χ4v) is 3.22. The predicted octanol–water partition coefficient (Wildman–Crippen LogP) is 1.65. The molecule has 0 spiro atoms. The lowest BCUT2D eigenvalue weighted by Crippen LogP contribution is -2.32. The van der Waals surface area contributed by atoms with Gasteiger partial charge in [0.15, 0.2) is 5.75 Å². The van der Waals surface area contributed by atoms with E-state index in [1.165, 1.54) is 7.11 Å². The molecule has 0 N–H and O–H groups in total. The first-order valence-electron chi connectivity index (χ1n) is 8.64. The van der Waals surface area contributed by atoms with E-state index < -0.39 is 16.1 Å². The highest BCUT2D eigenvalue weighted by molar-refractivity contribution is 7.85. The Balaban J connectivity index is 2.15. The maximum Gasteiger partial charge on any atom is 0.341 e. The molecule has 0 aliphatic carbocycles. The maximum atomic E-state index is 12.2. The number of methoxy groups -OCH3 is 1. The van der Waals surface area contributed by atoms with E-state index in [1.54, 1.807) is 22.8 Å². The third-order valence-corrected chi connectivity index (χ3v) is 4.82. The van der Waals surface area contributed by atoms with Crippen LogP contribution < -0.4 is 4.74 Å². The minimum absolute atomic E-state index is 0.0385. The molecule has 1 atom stereocenters. The van der Waals surface area contributed by atoms with E-state index in [0.717, 1.165) is 12.7 Å². The van der Waals surface area contributed by atoms with Crippen molar-refractivity contribution in [2.45, 2.75) is 25.7 Å². The van der Waals surface area contributed by atoms with Crippen molar-refractivity contribution in [3.8, 4) is 5.75 Å². The summed E-state index contributed by atoms with van der Waals surface area (Å²) in [5.41, 5.74) is 1.33. The minimum Gasteiger partial charge on any atom is -0.486 e. The van der Waals surface area contributed by atoms with E-state index in [4.69, 9.17) is 18.4 Å². The number of esters is 1. The Morgan fingerprint density at radius 1 is 1.46 bits per heavy atom.